The van der Waals surface area contributed by atoms with Crippen LogP contribution in [-0.2, 0) is 0 Å². The number of nitrogens with zero attached hydrogens (tertiary/aromatic N) is 5. The van der Waals surface area contributed by atoms with E-state index in [0.29, 0.717) is 5.95 Å². The Kier molecular flexibility index (Phi) is 4.32. The van der Waals surface area contributed by atoms with Crippen molar-refractivity contribution in [3.63, 3.8) is 0 Å². The number of hydrogen-bond acceptors (Lipinski definition) is 5. The molecule has 0 aliphatic heterocycles. The summed E-state index contributed by atoms with van der Waals surface area (Å²) in [6.07, 6.45) is 4.95. The van der Waals surface area contributed by atoms with E-state index in [4.69, 9.17) is 0 Å². The lowest BCUT2D eigenvalue weighted by Gasteiger charge is -1.99. The Hall–Kier alpha value is -3.28. The molecule has 0 saturated carbocycles. The second-order valence-corrected chi connectivity index (χ2v) is 4.44. The van der Waals surface area contributed by atoms with Crippen molar-refractivity contribution in [3.8, 4) is 0 Å². The number of nitrogens with one attached hydrogen (secondary N) is 1. The van der Waals surface area contributed by atoms with Crippen LogP contribution in [0, 0.1) is 0 Å². The Balaban J connectivity index is 1.67. The smallest absolute Gasteiger partial charge is 0.244 e. The van der Waals surface area contributed by atoms with Gasteiger partial charge in [0.2, 0.25) is 0 Å². The molecule has 1 aromatic heterocycles. The van der Waals surface area contributed by atoms with Crippen LogP contribution in [0.4, 0.5) is 5.95 Å². The van der Waals surface area contributed by atoms with Gasteiger partial charge in [-0.3, -0.25) is 0 Å². The van der Waals surface area contributed by atoms with Crippen molar-refractivity contribution in [1.82, 2.24) is 14.9 Å². The molecule has 0 atom stereocenters. The monoisotopic (exact) mass is 290 g/mol. The van der Waals surface area contributed by atoms with E-state index in [-0.39, 0.29) is 0 Å². The number of anilines is 1. The van der Waals surface area contributed by atoms with E-state index in [9.17, 15) is 0 Å². The number of hydrogen-bond donors (Lipinski definition) is 1. The summed E-state index contributed by atoms with van der Waals surface area (Å²) in [4.78, 5) is 0. The lowest BCUT2D eigenvalue weighted by molar-refractivity contribution is 0.879. The first-order chi connectivity index (χ1) is 10.9. The molecule has 0 radical (unpaired) electrons. The molecular formula is C16H14N6. The highest BCUT2D eigenvalue weighted by Gasteiger charge is 1.99. The highest BCUT2D eigenvalue weighted by Crippen LogP contribution is 2.03. The second kappa shape index (κ2) is 6.94. The summed E-state index contributed by atoms with van der Waals surface area (Å²) in [7, 11) is 0. The predicted octanol–water partition coefficient (Wildman–Crippen LogP) is 2.61. The minimum Gasteiger partial charge on any atom is -0.244 e. The molecule has 22 heavy (non-hydrogen) atoms. The average molecular weight is 290 g/mol. The van der Waals surface area contributed by atoms with Crippen LogP contribution in [0.15, 0.2) is 77.2 Å². The minimum atomic E-state index is 0.444. The summed E-state index contributed by atoms with van der Waals surface area (Å²) >= 11 is 0. The van der Waals surface area contributed by atoms with Crippen LogP contribution in [0.25, 0.3) is 0 Å². The summed E-state index contributed by atoms with van der Waals surface area (Å²) in [6, 6.07) is 19.6. The van der Waals surface area contributed by atoms with E-state index in [1.807, 2.05) is 60.7 Å². The lowest BCUT2D eigenvalue weighted by atomic mass is 10.2. The van der Waals surface area contributed by atoms with Gasteiger partial charge in [0.05, 0.1) is 12.4 Å². The molecule has 6 nitrogen and oxygen atoms in total. The second-order valence-electron chi connectivity index (χ2n) is 4.44. The van der Waals surface area contributed by atoms with Crippen molar-refractivity contribution < 1.29 is 0 Å². The van der Waals surface area contributed by atoms with E-state index in [2.05, 4.69) is 25.8 Å². The van der Waals surface area contributed by atoms with Gasteiger partial charge in [-0.05, 0) is 11.1 Å². The van der Waals surface area contributed by atoms with E-state index >= 15 is 0 Å². The highest BCUT2D eigenvalue weighted by molar-refractivity contribution is 5.80. The molecular weight excluding hydrogens is 276 g/mol. The standard InChI is InChI=1S/C16H14N6/c1-3-7-14(8-4-1)11-17-20-16-21-18-13-22(16)19-12-15-9-5-2-6-10-15/h1-13H,(H,20,21)/b17-11?,19-12+. The van der Waals surface area contributed by atoms with Crippen LogP contribution < -0.4 is 5.43 Å². The van der Waals surface area contributed by atoms with Gasteiger partial charge in [0.15, 0.2) is 0 Å². The fourth-order valence-corrected chi connectivity index (χ4v) is 1.76. The molecule has 3 rings (SSSR count). The molecule has 1 heterocycles. The summed E-state index contributed by atoms with van der Waals surface area (Å²) in [5.41, 5.74) is 4.81. The molecule has 1 N–H and O–H groups in total. The number of benzene rings is 2. The van der Waals surface area contributed by atoms with Gasteiger partial charge in [0.25, 0.3) is 5.95 Å². The summed E-state index contributed by atoms with van der Waals surface area (Å²) in [5, 5.41) is 16.2. The molecule has 108 valence electrons. The van der Waals surface area contributed by atoms with Gasteiger partial charge in [-0.2, -0.15) is 14.9 Å². The first-order valence-corrected chi connectivity index (χ1v) is 6.75. The van der Waals surface area contributed by atoms with Crippen LogP contribution in [0.1, 0.15) is 11.1 Å². The lowest BCUT2D eigenvalue weighted by Crippen LogP contribution is -1.99. The van der Waals surface area contributed by atoms with Crippen LogP contribution in [0.3, 0.4) is 0 Å². The zero-order valence-electron chi connectivity index (χ0n) is 11.7. The molecule has 0 bridgehead atoms. The number of aromatic nitrogens is 3. The normalized spacial score (nSPS) is 11.3. The summed E-state index contributed by atoms with van der Waals surface area (Å²) in [6.45, 7) is 0. The maximum atomic E-state index is 4.29. The Bertz CT molecular complexity index is 762. The third-order valence-electron chi connectivity index (χ3n) is 2.84. The molecule has 0 fully saturated rings. The SMILES string of the molecule is C(=NNc1nncn1/N=C/c1ccccc1)c1ccccc1. The largest absolute Gasteiger partial charge is 0.265 e. The predicted molar refractivity (Wildman–Crippen MR) is 87.1 cm³/mol. The maximum Gasteiger partial charge on any atom is 0.265 e. The summed E-state index contributed by atoms with van der Waals surface area (Å²) < 4.78 is 1.52. The fraction of sp³-hybridized carbons (Fsp3) is 0. The zero-order valence-corrected chi connectivity index (χ0v) is 11.7. The quantitative estimate of drug-likeness (QED) is 0.580. The van der Waals surface area contributed by atoms with Crippen molar-refractivity contribution in [3.05, 3.63) is 78.1 Å². The van der Waals surface area contributed by atoms with E-state index < -0.39 is 0 Å². The van der Waals surface area contributed by atoms with E-state index in [0.717, 1.165) is 11.1 Å². The van der Waals surface area contributed by atoms with Gasteiger partial charge in [0.1, 0.15) is 6.33 Å². The van der Waals surface area contributed by atoms with Crippen molar-refractivity contribution in [2.24, 2.45) is 10.2 Å². The Morgan fingerprint density at radius 2 is 1.50 bits per heavy atom. The van der Waals surface area contributed by atoms with Crippen molar-refractivity contribution in [1.29, 1.82) is 0 Å². The van der Waals surface area contributed by atoms with Crippen molar-refractivity contribution in [2.75, 3.05) is 5.43 Å². The van der Waals surface area contributed by atoms with Gasteiger partial charge in [0, 0.05) is 0 Å². The van der Waals surface area contributed by atoms with Crippen LogP contribution >= 0.6 is 0 Å². The van der Waals surface area contributed by atoms with Gasteiger partial charge < -0.3 is 0 Å². The van der Waals surface area contributed by atoms with Gasteiger partial charge in [-0.15, -0.1) is 10.2 Å². The third kappa shape index (κ3) is 3.63. The Morgan fingerprint density at radius 3 is 2.18 bits per heavy atom. The molecule has 3 aromatic rings. The zero-order chi connectivity index (χ0) is 15.0. The molecule has 6 heteroatoms. The van der Waals surface area contributed by atoms with Crippen LogP contribution in [0.2, 0.25) is 0 Å². The fourth-order valence-electron chi connectivity index (χ4n) is 1.76. The van der Waals surface area contributed by atoms with Crippen molar-refractivity contribution in [2.45, 2.75) is 0 Å². The molecule has 0 aliphatic carbocycles. The van der Waals surface area contributed by atoms with Crippen molar-refractivity contribution >= 4 is 18.4 Å². The van der Waals surface area contributed by atoms with Gasteiger partial charge in [-0.1, -0.05) is 60.7 Å². The summed E-state index contributed by atoms with van der Waals surface area (Å²) in [5.74, 6) is 0.444. The number of hydrazone groups is 1. The third-order valence-corrected chi connectivity index (χ3v) is 2.84. The topological polar surface area (TPSA) is 67.5 Å². The average Bonchev–Trinajstić information content (AvgIpc) is 3.02. The van der Waals surface area contributed by atoms with E-state index in [1.54, 1.807) is 12.4 Å². The Labute approximate surface area is 127 Å². The molecule has 0 aliphatic rings. The maximum absolute atomic E-state index is 4.29. The molecule has 0 unspecified atom stereocenters. The molecule has 0 spiro atoms. The van der Waals surface area contributed by atoms with Crippen LogP contribution in [0.5, 0.6) is 0 Å². The minimum absolute atomic E-state index is 0.444. The molecule has 0 amide bonds. The highest BCUT2D eigenvalue weighted by atomic mass is 15.5. The van der Waals surface area contributed by atoms with E-state index in [1.165, 1.54) is 11.0 Å². The van der Waals surface area contributed by atoms with Gasteiger partial charge >= 0.3 is 0 Å². The molecule has 0 saturated heterocycles. The Morgan fingerprint density at radius 1 is 0.864 bits per heavy atom. The number of rotatable bonds is 5. The first kappa shape index (κ1) is 13.7. The van der Waals surface area contributed by atoms with Gasteiger partial charge in [-0.25, -0.2) is 5.43 Å². The molecule has 2 aromatic carbocycles. The first-order valence-electron chi connectivity index (χ1n) is 6.75. The van der Waals surface area contributed by atoms with Crippen LogP contribution in [-0.4, -0.2) is 27.3 Å².